The van der Waals surface area contributed by atoms with Crippen LogP contribution in [-0.2, 0) is 11.2 Å². The van der Waals surface area contributed by atoms with Gasteiger partial charge in [-0.2, -0.15) is 0 Å². The number of ether oxygens (including phenoxy) is 1. The number of amides is 1. The van der Waals surface area contributed by atoms with Crippen molar-refractivity contribution in [2.24, 2.45) is 5.92 Å². The van der Waals surface area contributed by atoms with Gasteiger partial charge in [-0.05, 0) is 50.3 Å². The third-order valence-corrected chi connectivity index (χ3v) is 3.18. The third-order valence-electron chi connectivity index (χ3n) is 3.18. The summed E-state index contributed by atoms with van der Waals surface area (Å²) >= 11 is 0. The van der Waals surface area contributed by atoms with Crippen LogP contribution < -0.4 is 10.1 Å². The van der Waals surface area contributed by atoms with Gasteiger partial charge in [-0.3, -0.25) is 4.79 Å². The van der Waals surface area contributed by atoms with Crippen LogP contribution in [-0.4, -0.2) is 18.6 Å². The van der Waals surface area contributed by atoms with Crippen molar-refractivity contribution in [3.63, 3.8) is 0 Å². The van der Waals surface area contributed by atoms with E-state index < -0.39 is 0 Å². The number of hydrogen-bond acceptors (Lipinski definition) is 2. The van der Waals surface area contributed by atoms with Crippen molar-refractivity contribution in [3.8, 4) is 5.75 Å². The summed E-state index contributed by atoms with van der Waals surface area (Å²) < 4.78 is 5.38. The normalized spacial score (nSPS) is 12.2. The van der Waals surface area contributed by atoms with Crippen LogP contribution in [0, 0.1) is 5.92 Å². The van der Waals surface area contributed by atoms with Gasteiger partial charge >= 0.3 is 0 Å². The summed E-state index contributed by atoms with van der Waals surface area (Å²) in [5.41, 5.74) is 1.02. The average molecular weight is 277 g/mol. The SMILES string of the molecule is CCOc1ccc(CC(=O)NC(C)CCC(C)C)cc1. The summed E-state index contributed by atoms with van der Waals surface area (Å²) in [7, 11) is 0. The number of carbonyl (C=O) groups excluding carboxylic acids is 1. The molecule has 0 bridgehead atoms. The molecule has 1 unspecified atom stereocenters. The first kappa shape index (κ1) is 16.5. The van der Waals surface area contributed by atoms with E-state index in [1.165, 1.54) is 0 Å². The Morgan fingerprint density at radius 1 is 1.15 bits per heavy atom. The standard InChI is InChI=1S/C17H27NO2/c1-5-20-16-10-8-15(9-11-16)12-17(19)18-14(4)7-6-13(2)3/h8-11,13-14H,5-7,12H2,1-4H3,(H,18,19). The maximum absolute atomic E-state index is 11.9. The van der Waals surface area contributed by atoms with Crippen LogP contribution in [0.4, 0.5) is 0 Å². The lowest BCUT2D eigenvalue weighted by Crippen LogP contribution is -2.33. The number of carbonyl (C=O) groups is 1. The maximum Gasteiger partial charge on any atom is 0.224 e. The zero-order valence-electron chi connectivity index (χ0n) is 13.1. The van der Waals surface area contributed by atoms with Gasteiger partial charge < -0.3 is 10.1 Å². The Morgan fingerprint density at radius 2 is 1.80 bits per heavy atom. The first-order valence-electron chi connectivity index (χ1n) is 7.52. The van der Waals surface area contributed by atoms with Gasteiger partial charge in [0.15, 0.2) is 0 Å². The van der Waals surface area contributed by atoms with E-state index in [0.717, 1.165) is 24.2 Å². The molecule has 0 fully saturated rings. The molecule has 0 radical (unpaired) electrons. The smallest absolute Gasteiger partial charge is 0.224 e. The van der Waals surface area contributed by atoms with Crippen LogP contribution in [0.25, 0.3) is 0 Å². The van der Waals surface area contributed by atoms with Crippen LogP contribution in [0.2, 0.25) is 0 Å². The van der Waals surface area contributed by atoms with Crippen molar-refractivity contribution in [1.29, 1.82) is 0 Å². The highest BCUT2D eigenvalue weighted by Crippen LogP contribution is 2.12. The van der Waals surface area contributed by atoms with Crippen molar-refractivity contribution < 1.29 is 9.53 Å². The van der Waals surface area contributed by atoms with Gasteiger partial charge in [0.1, 0.15) is 5.75 Å². The Labute approximate surface area is 122 Å². The van der Waals surface area contributed by atoms with E-state index in [4.69, 9.17) is 4.74 Å². The van der Waals surface area contributed by atoms with Gasteiger partial charge in [0.25, 0.3) is 0 Å². The van der Waals surface area contributed by atoms with E-state index >= 15 is 0 Å². The Hall–Kier alpha value is -1.51. The van der Waals surface area contributed by atoms with Gasteiger partial charge in [0.05, 0.1) is 13.0 Å². The van der Waals surface area contributed by atoms with Crippen molar-refractivity contribution in [1.82, 2.24) is 5.32 Å². The molecule has 0 saturated carbocycles. The largest absolute Gasteiger partial charge is 0.494 e. The molecule has 112 valence electrons. The molecule has 0 aliphatic carbocycles. The third kappa shape index (κ3) is 6.60. The molecule has 1 rings (SSSR count). The Kier molecular flexibility index (Phi) is 7.13. The Balaban J connectivity index is 2.37. The first-order chi connectivity index (χ1) is 9.51. The minimum absolute atomic E-state index is 0.0883. The lowest BCUT2D eigenvalue weighted by molar-refractivity contribution is -0.121. The predicted octanol–water partition coefficient (Wildman–Crippen LogP) is 3.57. The van der Waals surface area contributed by atoms with E-state index in [-0.39, 0.29) is 11.9 Å². The van der Waals surface area contributed by atoms with Crippen molar-refractivity contribution in [2.45, 2.75) is 53.0 Å². The molecule has 20 heavy (non-hydrogen) atoms. The number of benzene rings is 1. The maximum atomic E-state index is 11.9. The molecular weight excluding hydrogens is 250 g/mol. The lowest BCUT2D eigenvalue weighted by Gasteiger charge is -2.15. The monoisotopic (exact) mass is 277 g/mol. The molecule has 1 aromatic carbocycles. The molecule has 3 nitrogen and oxygen atoms in total. The molecular formula is C17H27NO2. The number of nitrogens with one attached hydrogen (secondary N) is 1. The second-order valence-corrected chi connectivity index (χ2v) is 5.69. The highest BCUT2D eigenvalue weighted by atomic mass is 16.5. The van der Waals surface area contributed by atoms with Gasteiger partial charge in [-0.15, -0.1) is 0 Å². The van der Waals surface area contributed by atoms with Gasteiger partial charge in [0.2, 0.25) is 5.91 Å². The summed E-state index contributed by atoms with van der Waals surface area (Å²) in [4.78, 5) is 11.9. The van der Waals surface area contributed by atoms with E-state index in [2.05, 4.69) is 26.1 Å². The van der Waals surface area contributed by atoms with Crippen molar-refractivity contribution in [2.75, 3.05) is 6.61 Å². The first-order valence-corrected chi connectivity index (χ1v) is 7.52. The fourth-order valence-corrected chi connectivity index (χ4v) is 2.04. The van der Waals surface area contributed by atoms with Crippen LogP contribution in [0.5, 0.6) is 5.75 Å². The molecule has 0 aromatic heterocycles. The molecule has 0 aliphatic rings. The summed E-state index contributed by atoms with van der Waals surface area (Å²) in [6.07, 6.45) is 2.61. The topological polar surface area (TPSA) is 38.3 Å². The van der Waals surface area contributed by atoms with E-state index in [0.29, 0.717) is 18.9 Å². The summed E-state index contributed by atoms with van der Waals surface area (Å²) in [6, 6.07) is 7.96. The highest BCUT2D eigenvalue weighted by molar-refractivity contribution is 5.78. The number of rotatable bonds is 8. The fraction of sp³-hybridized carbons (Fsp3) is 0.588. The van der Waals surface area contributed by atoms with Gasteiger partial charge in [-0.25, -0.2) is 0 Å². The highest BCUT2D eigenvalue weighted by Gasteiger charge is 2.09. The summed E-state index contributed by atoms with van der Waals surface area (Å²) in [5, 5.41) is 3.05. The lowest BCUT2D eigenvalue weighted by atomic mass is 10.0. The Bertz CT molecular complexity index is 398. The van der Waals surface area contributed by atoms with Crippen LogP contribution in [0.1, 0.15) is 46.1 Å². The molecule has 1 amide bonds. The zero-order valence-corrected chi connectivity index (χ0v) is 13.1. The zero-order chi connectivity index (χ0) is 15.0. The molecule has 1 N–H and O–H groups in total. The van der Waals surface area contributed by atoms with Crippen LogP contribution in [0.3, 0.4) is 0 Å². The van der Waals surface area contributed by atoms with Gasteiger partial charge in [-0.1, -0.05) is 26.0 Å². The minimum atomic E-state index is 0.0883. The molecule has 3 heteroatoms. The molecule has 0 aliphatic heterocycles. The molecule has 0 heterocycles. The molecule has 0 saturated heterocycles. The Morgan fingerprint density at radius 3 is 2.35 bits per heavy atom. The molecule has 1 aromatic rings. The van der Waals surface area contributed by atoms with Crippen LogP contribution in [0.15, 0.2) is 24.3 Å². The van der Waals surface area contributed by atoms with E-state index in [9.17, 15) is 4.79 Å². The van der Waals surface area contributed by atoms with Gasteiger partial charge in [0, 0.05) is 6.04 Å². The van der Waals surface area contributed by atoms with Crippen molar-refractivity contribution >= 4 is 5.91 Å². The predicted molar refractivity (Wildman–Crippen MR) is 83.0 cm³/mol. The molecule has 0 spiro atoms. The average Bonchev–Trinajstić information content (AvgIpc) is 2.39. The van der Waals surface area contributed by atoms with Crippen molar-refractivity contribution in [3.05, 3.63) is 29.8 Å². The summed E-state index contributed by atoms with van der Waals surface area (Å²) in [6.45, 7) is 9.09. The minimum Gasteiger partial charge on any atom is -0.494 e. The molecule has 1 atom stereocenters. The van der Waals surface area contributed by atoms with Crippen LogP contribution >= 0.6 is 0 Å². The number of hydrogen-bond donors (Lipinski definition) is 1. The quantitative estimate of drug-likeness (QED) is 0.789. The van der Waals surface area contributed by atoms with E-state index in [1.807, 2.05) is 31.2 Å². The fourth-order valence-electron chi connectivity index (χ4n) is 2.04. The second-order valence-electron chi connectivity index (χ2n) is 5.69. The summed E-state index contributed by atoms with van der Waals surface area (Å²) in [5.74, 6) is 1.62. The van der Waals surface area contributed by atoms with E-state index in [1.54, 1.807) is 0 Å². The second kappa shape index (κ2) is 8.62.